The second-order valence-corrected chi connectivity index (χ2v) is 9.32. The highest BCUT2D eigenvalue weighted by molar-refractivity contribution is 5.88. The van der Waals surface area contributed by atoms with E-state index in [0.29, 0.717) is 11.5 Å². The highest BCUT2D eigenvalue weighted by atomic mass is 16.5. The molecule has 2 aromatic carbocycles. The van der Waals surface area contributed by atoms with Crippen molar-refractivity contribution in [2.45, 2.75) is 64.1 Å². The lowest BCUT2D eigenvalue weighted by atomic mass is 9.90. The van der Waals surface area contributed by atoms with Gasteiger partial charge < -0.3 is 14.8 Å². The maximum atomic E-state index is 11.3. The monoisotopic (exact) mass is 432 g/mol. The number of benzene rings is 2. The van der Waals surface area contributed by atoms with Gasteiger partial charge in [0.25, 0.3) is 0 Å². The molecule has 1 saturated heterocycles. The number of ether oxygens (including phenoxy) is 1. The molecule has 1 aliphatic carbocycles. The largest absolute Gasteiger partial charge is 0.478 e. The van der Waals surface area contributed by atoms with Crippen LogP contribution in [0.4, 0.5) is 0 Å². The Hall–Kier alpha value is -2.63. The molecular formula is C27H32N2O3. The van der Waals surface area contributed by atoms with E-state index in [2.05, 4.69) is 42.1 Å². The molecule has 0 radical (unpaired) electrons. The van der Waals surface area contributed by atoms with Crippen LogP contribution in [0.3, 0.4) is 0 Å². The summed E-state index contributed by atoms with van der Waals surface area (Å²) in [4.78, 5) is 17.4. The van der Waals surface area contributed by atoms with Gasteiger partial charge in [0.15, 0.2) is 0 Å². The molecule has 0 amide bonds. The Morgan fingerprint density at radius 1 is 1.19 bits per heavy atom. The summed E-state index contributed by atoms with van der Waals surface area (Å²) >= 11 is 0. The number of piperidine rings is 1. The highest BCUT2D eigenvalue weighted by Crippen LogP contribution is 2.45. The van der Waals surface area contributed by atoms with Gasteiger partial charge in [-0.3, -0.25) is 4.90 Å². The second kappa shape index (κ2) is 8.72. The molecule has 5 nitrogen and oxygen atoms in total. The third-order valence-electron chi connectivity index (χ3n) is 7.18. The van der Waals surface area contributed by atoms with Gasteiger partial charge in [-0.05, 0) is 85.9 Å². The molecule has 2 heterocycles. The van der Waals surface area contributed by atoms with Crippen LogP contribution in [0.2, 0.25) is 0 Å². The molecule has 5 rings (SSSR count). The molecule has 1 aromatic heterocycles. The molecule has 1 unspecified atom stereocenters. The molecule has 32 heavy (non-hydrogen) atoms. The molecule has 0 spiro atoms. The van der Waals surface area contributed by atoms with Crippen LogP contribution < -0.4 is 0 Å². The van der Waals surface area contributed by atoms with E-state index < -0.39 is 5.97 Å². The number of aromatic amines is 1. The molecule has 168 valence electrons. The number of carbonyl (C=O) groups is 1. The smallest absolute Gasteiger partial charge is 0.335 e. The van der Waals surface area contributed by atoms with E-state index in [4.69, 9.17) is 4.74 Å². The number of nitrogens with zero attached hydrogens (tertiary/aromatic N) is 1. The Morgan fingerprint density at radius 3 is 2.66 bits per heavy atom. The molecule has 2 fully saturated rings. The average molecular weight is 433 g/mol. The van der Waals surface area contributed by atoms with Crippen molar-refractivity contribution in [1.29, 1.82) is 0 Å². The molecule has 0 bridgehead atoms. The lowest BCUT2D eigenvalue weighted by Crippen LogP contribution is -2.39. The van der Waals surface area contributed by atoms with Crippen molar-refractivity contribution in [1.82, 2.24) is 9.88 Å². The fraction of sp³-hybridized carbons (Fsp3) is 0.444. The Bertz CT molecular complexity index is 1110. The van der Waals surface area contributed by atoms with Crippen molar-refractivity contribution >= 4 is 16.9 Å². The fourth-order valence-corrected chi connectivity index (χ4v) is 5.39. The number of fused-ring (bicyclic) bond motifs is 1. The van der Waals surface area contributed by atoms with E-state index in [1.165, 1.54) is 46.0 Å². The lowest BCUT2D eigenvalue weighted by Gasteiger charge is -2.40. The zero-order valence-electron chi connectivity index (χ0n) is 18.9. The van der Waals surface area contributed by atoms with Crippen LogP contribution in [0.5, 0.6) is 0 Å². The first kappa shape index (κ1) is 21.2. The summed E-state index contributed by atoms with van der Waals surface area (Å²) < 4.78 is 6.01. The number of aryl methyl sites for hydroxylation is 1. The molecule has 1 aliphatic heterocycles. The number of aromatic carboxylic acids is 1. The first-order valence-electron chi connectivity index (χ1n) is 11.8. The van der Waals surface area contributed by atoms with E-state index in [9.17, 15) is 9.90 Å². The summed E-state index contributed by atoms with van der Waals surface area (Å²) in [5.74, 6) is -0.190. The summed E-state index contributed by atoms with van der Waals surface area (Å²) in [6.45, 7) is 6.86. The summed E-state index contributed by atoms with van der Waals surface area (Å²) in [5.41, 5.74) is 7.05. The normalized spacial score (nSPS) is 21.8. The van der Waals surface area contributed by atoms with Crippen molar-refractivity contribution in [3.63, 3.8) is 0 Å². The number of H-pyrrole nitrogens is 1. The predicted octanol–water partition coefficient (Wildman–Crippen LogP) is 5.79. The van der Waals surface area contributed by atoms with Crippen molar-refractivity contribution < 1.29 is 14.6 Å². The Kier molecular flexibility index (Phi) is 5.78. The van der Waals surface area contributed by atoms with Crippen LogP contribution in [-0.2, 0) is 11.3 Å². The number of rotatable bonds is 7. The van der Waals surface area contributed by atoms with E-state index in [-0.39, 0.29) is 12.1 Å². The van der Waals surface area contributed by atoms with Crippen LogP contribution >= 0.6 is 0 Å². The molecule has 2 aliphatic rings. The average Bonchev–Trinajstić information content (AvgIpc) is 3.52. The summed E-state index contributed by atoms with van der Waals surface area (Å²) in [5, 5.41) is 10.6. The van der Waals surface area contributed by atoms with E-state index in [0.717, 1.165) is 32.5 Å². The van der Waals surface area contributed by atoms with Gasteiger partial charge in [-0.1, -0.05) is 18.2 Å². The molecule has 2 atom stereocenters. The van der Waals surface area contributed by atoms with Gasteiger partial charge in [0.1, 0.15) is 0 Å². The predicted molar refractivity (Wildman–Crippen MR) is 126 cm³/mol. The summed E-state index contributed by atoms with van der Waals surface area (Å²) in [6, 6.07) is 12.3. The standard InChI is InChI=1S/C27H32N2O3/c1-3-32-21-11-13-29(25(15-21)19-6-8-20(9-7-19)27(30)31)16-24-22-10-12-28-26(22)17(2)14-23(24)18-4-5-18/h6-10,12,14,18,21,25,28H,3-5,11,13,15-16H2,1-2H3,(H,30,31)/t21?,25-/m1/s1. The quantitative estimate of drug-likeness (QED) is 0.496. The van der Waals surface area contributed by atoms with Crippen LogP contribution in [0.15, 0.2) is 42.6 Å². The van der Waals surface area contributed by atoms with Crippen LogP contribution in [0.25, 0.3) is 10.9 Å². The van der Waals surface area contributed by atoms with Crippen LogP contribution in [0.1, 0.15) is 77.2 Å². The number of likely N-dealkylation sites (tertiary alicyclic amines) is 1. The third-order valence-corrected chi connectivity index (χ3v) is 7.18. The van der Waals surface area contributed by atoms with E-state index in [1.807, 2.05) is 12.1 Å². The molecular weight excluding hydrogens is 400 g/mol. The maximum absolute atomic E-state index is 11.3. The highest BCUT2D eigenvalue weighted by Gasteiger charge is 2.33. The van der Waals surface area contributed by atoms with Gasteiger partial charge in [0.05, 0.1) is 11.7 Å². The third kappa shape index (κ3) is 4.07. The SMILES string of the molecule is CCOC1CCN(Cc2c(C3CC3)cc(C)c3[nH]ccc23)[C@@H](c2ccc(C(=O)O)cc2)C1. The molecule has 3 aromatic rings. The van der Waals surface area contributed by atoms with Crippen molar-refractivity contribution in [2.24, 2.45) is 0 Å². The van der Waals surface area contributed by atoms with Crippen LogP contribution in [-0.4, -0.2) is 40.2 Å². The van der Waals surface area contributed by atoms with Gasteiger partial charge in [0, 0.05) is 42.8 Å². The van der Waals surface area contributed by atoms with E-state index in [1.54, 1.807) is 12.1 Å². The number of nitrogens with one attached hydrogen (secondary N) is 1. The molecule has 5 heteroatoms. The summed E-state index contributed by atoms with van der Waals surface area (Å²) in [6.07, 6.45) is 6.83. The Balaban J connectivity index is 1.50. The van der Waals surface area contributed by atoms with E-state index >= 15 is 0 Å². The Labute approximate surface area is 189 Å². The van der Waals surface area contributed by atoms with Gasteiger partial charge in [-0.15, -0.1) is 0 Å². The van der Waals surface area contributed by atoms with Crippen LogP contribution in [0, 0.1) is 6.92 Å². The van der Waals surface area contributed by atoms with Crippen molar-refractivity contribution in [3.8, 4) is 0 Å². The number of hydrogen-bond acceptors (Lipinski definition) is 3. The number of hydrogen-bond donors (Lipinski definition) is 2. The number of carboxylic acid groups (broad SMARTS) is 1. The minimum Gasteiger partial charge on any atom is -0.478 e. The zero-order chi connectivity index (χ0) is 22.2. The van der Waals surface area contributed by atoms with Gasteiger partial charge in [-0.2, -0.15) is 0 Å². The Morgan fingerprint density at radius 2 is 1.97 bits per heavy atom. The maximum Gasteiger partial charge on any atom is 0.335 e. The van der Waals surface area contributed by atoms with Crippen molar-refractivity contribution in [3.05, 3.63) is 70.4 Å². The van der Waals surface area contributed by atoms with Crippen molar-refractivity contribution in [2.75, 3.05) is 13.2 Å². The molecule has 2 N–H and O–H groups in total. The molecule has 1 saturated carbocycles. The number of carboxylic acids is 1. The topological polar surface area (TPSA) is 65.6 Å². The van der Waals surface area contributed by atoms with Gasteiger partial charge >= 0.3 is 5.97 Å². The minimum atomic E-state index is -0.882. The van der Waals surface area contributed by atoms with Gasteiger partial charge in [-0.25, -0.2) is 4.79 Å². The first-order valence-corrected chi connectivity index (χ1v) is 11.8. The lowest BCUT2D eigenvalue weighted by molar-refractivity contribution is -0.0137. The number of aromatic nitrogens is 1. The fourth-order valence-electron chi connectivity index (χ4n) is 5.39. The second-order valence-electron chi connectivity index (χ2n) is 9.32. The van der Waals surface area contributed by atoms with Gasteiger partial charge in [0.2, 0.25) is 0 Å². The minimum absolute atomic E-state index is 0.213. The summed E-state index contributed by atoms with van der Waals surface area (Å²) in [7, 11) is 0. The first-order chi connectivity index (χ1) is 15.5. The zero-order valence-corrected chi connectivity index (χ0v) is 18.9.